The van der Waals surface area contributed by atoms with Gasteiger partial charge in [-0.2, -0.15) is 0 Å². The van der Waals surface area contributed by atoms with Crippen LogP contribution in [-0.4, -0.2) is 60.4 Å². The summed E-state index contributed by atoms with van der Waals surface area (Å²) in [7, 11) is 0. The van der Waals surface area contributed by atoms with Gasteiger partial charge in [0.05, 0.1) is 6.54 Å². The van der Waals surface area contributed by atoms with Crippen molar-refractivity contribution >= 4 is 11.8 Å². The number of hydrogen-bond acceptors (Lipinski definition) is 3. The molecule has 5 heteroatoms. The molecule has 1 aliphatic heterocycles. The summed E-state index contributed by atoms with van der Waals surface area (Å²) in [5, 5.41) is 3.16. The zero-order valence-electron chi connectivity index (χ0n) is 12.7. The predicted molar refractivity (Wildman–Crippen MR) is 78.3 cm³/mol. The van der Waals surface area contributed by atoms with Crippen LogP contribution in [-0.2, 0) is 9.59 Å². The molecule has 1 aliphatic carbocycles. The second-order valence-electron chi connectivity index (χ2n) is 6.31. The molecule has 5 nitrogen and oxygen atoms in total. The van der Waals surface area contributed by atoms with E-state index >= 15 is 0 Å². The second kappa shape index (κ2) is 7.07. The number of hydrogen-bond donors (Lipinski definition) is 1. The normalized spacial score (nSPS) is 28.2. The number of nitrogens with zero attached hydrogens (tertiary/aromatic N) is 2. The first-order valence-electron chi connectivity index (χ1n) is 7.82. The van der Waals surface area contributed by atoms with Gasteiger partial charge in [0.25, 0.3) is 0 Å². The molecule has 0 aromatic carbocycles. The summed E-state index contributed by atoms with van der Waals surface area (Å²) in [5.74, 6) is 1.08. The maximum Gasteiger partial charge on any atom is 0.234 e. The van der Waals surface area contributed by atoms with E-state index < -0.39 is 0 Å². The summed E-state index contributed by atoms with van der Waals surface area (Å²) in [5.41, 5.74) is 0. The van der Waals surface area contributed by atoms with Crippen LogP contribution in [0.2, 0.25) is 0 Å². The van der Waals surface area contributed by atoms with Crippen molar-refractivity contribution in [3.63, 3.8) is 0 Å². The Morgan fingerprint density at radius 2 is 1.65 bits per heavy atom. The molecule has 0 bridgehead atoms. The molecule has 0 aromatic rings. The molecule has 0 aromatic heterocycles. The number of carbonyl (C=O) groups is 2. The molecule has 2 fully saturated rings. The average molecular weight is 281 g/mol. The molecule has 1 heterocycles. The van der Waals surface area contributed by atoms with Gasteiger partial charge in [-0.15, -0.1) is 0 Å². The van der Waals surface area contributed by atoms with Gasteiger partial charge >= 0.3 is 0 Å². The SMILES string of the molecule is CC(=O)N1CCN(CC(=O)NC2CCC(C)CC2)CC1. The molecule has 2 aliphatic rings. The van der Waals surface area contributed by atoms with Gasteiger partial charge in [0, 0.05) is 39.1 Å². The maximum atomic E-state index is 12.0. The van der Waals surface area contributed by atoms with E-state index in [4.69, 9.17) is 0 Å². The van der Waals surface area contributed by atoms with Gasteiger partial charge in [-0.05, 0) is 31.6 Å². The summed E-state index contributed by atoms with van der Waals surface area (Å²) >= 11 is 0. The van der Waals surface area contributed by atoms with Crippen molar-refractivity contribution in [2.45, 2.75) is 45.6 Å². The van der Waals surface area contributed by atoms with Crippen molar-refractivity contribution in [2.75, 3.05) is 32.7 Å². The van der Waals surface area contributed by atoms with Crippen LogP contribution in [0, 0.1) is 5.92 Å². The molecule has 2 amide bonds. The minimum absolute atomic E-state index is 0.130. The standard InChI is InChI=1S/C15H27N3O2/c1-12-3-5-14(6-4-12)16-15(20)11-17-7-9-18(10-8-17)13(2)19/h12,14H,3-11H2,1-2H3,(H,16,20). The summed E-state index contributed by atoms with van der Waals surface area (Å²) in [6, 6.07) is 0.372. The third-order valence-electron chi connectivity index (χ3n) is 4.57. The van der Waals surface area contributed by atoms with Gasteiger partial charge < -0.3 is 10.2 Å². The minimum Gasteiger partial charge on any atom is -0.352 e. The van der Waals surface area contributed by atoms with E-state index in [0.717, 1.165) is 44.9 Å². The lowest BCUT2D eigenvalue weighted by atomic mass is 9.87. The van der Waals surface area contributed by atoms with Crippen molar-refractivity contribution in [1.29, 1.82) is 0 Å². The van der Waals surface area contributed by atoms with Crippen molar-refractivity contribution in [2.24, 2.45) is 5.92 Å². The highest BCUT2D eigenvalue weighted by Crippen LogP contribution is 2.23. The number of rotatable bonds is 3. The molecule has 2 rings (SSSR count). The zero-order chi connectivity index (χ0) is 14.5. The Morgan fingerprint density at radius 3 is 2.20 bits per heavy atom. The maximum absolute atomic E-state index is 12.0. The largest absolute Gasteiger partial charge is 0.352 e. The van der Waals surface area contributed by atoms with Gasteiger partial charge in [0.15, 0.2) is 0 Å². The lowest BCUT2D eigenvalue weighted by Gasteiger charge is -2.34. The van der Waals surface area contributed by atoms with E-state index in [1.165, 1.54) is 12.8 Å². The zero-order valence-corrected chi connectivity index (χ0v) is 12.7. The highest BCUT2D eigenvalue weighted by atomic mass is 16.2. The molecule has 1 saturated carbocycles. The Kier molecular flexibility index (Phi) is 5.40. The molecule has 0 unspecified atom stereocenters. The van der Waals surface area contributed by atoms with Crippen LogP contribution in [0.4, 0.5) is 0 Å². The van der Waals surface area contributed by atoms with Crippen LogP contribution >= 0.6 is 0 Å². The minimum atomic E-state index is 0.130. The van der Waals surface area contributed by atoms with E-state index in [0.29, 0.717) is 12.6 Å². The van der Waals surface area contributed by atoms with Crippen LogP contribution in [0.15, 0.2) is 0 Å². The highest BCUT2D eigenvalue weighted by Gasteiger charge is 2.23. The van der Waals surface area contributed by atoms with Crippen LogP contribution in [0.1, 0.15) is 39.5 Å². The Labute approximate surface area is 121 Å². The molecule has 0 spiro atoms. The Bertz CT molecular complexity index is 343. The fourth-order valence-electron chi connectivity index (χ4n) is 3.10. The predicted octanol–water partition coefficient (Wildman–Crippen LogP) is 0.845. The molecule has 0 atom stereocenters. The van der Waals surface area contributed by atoms with Crippen molar-refractivity contribution < 1.29 is 9.59 Å². The molecule has 1 N–H and O–H groups in total. The number of nitrogens with one attached hydrogen (secondary N) is 1. The van der Waals surface area contributed by atoms with Crippen LogP contribution in [0.3, 0.4) is 0 Å². The second-order valence-corrected chi connectivity index (χ2v) is 6.31. The number of amides is 2. The first kappa shape index (κ1) is 15.3. The summed E-state index contributed by atoms with van der Waals surface area (Å²) in [6.07, 6.45) is 4.68. The fraction of sp³-hybridized carbons (Fsp3) is 0.867. The van der Waals surface area contributed by atoms with Gasteiger partial charge in [-0.3, -0.25) is 14.5 Å². The van der Waals surface area contributed by atoms with Gasteiger partial charge in [-0.1, -0.05) is 6.92 Å². The van der Waals surface area contributed by atoms with E-state index in [1.54, 1.807) is 6.92 Å². The summed E-state index contributed by atoms with van der Waals surface area (Å²) in [6.45, 7) is 7.44. The first-order chi connectivity index (χ1) is 9.54. The van der Waals surface area contributed by atoms with E-state index in [-0.39, 0.29) is 11.8 Å². The molecule has 1 saturated heterocycles. The smallest absolute Gasteiger partial charge is 0.234 e. The number of piperazine rings is 1. The van der Waals surface area contributed by atoms with Crippen LogP contribution < -0.4 is 5.32 Å². The van der Waals surface area contributed by atoms with Crippen molar-refractivity contribution in [1.82, 2.24) is 15.1 Å². The Balaban J connectivity index is 1.66. The first-order valence-corrected chi connectivity index (χ1v) is 7.82. The summed E-state index contributed by atoms with van der Waals surface area (Å²) < 4.78 is 0. The van der Waals surface area contributed by atoms with Crippen molar-refractivity contribution in [3.8, 4) is 0 Å². The van der Waals surface area contributed by atoms with E-state index in [1.807, 2.05) is 4.90 Å². The van der Waals surface area contributed by atoms with Crippen molar-refractivity contribution in [3.05, 3.63) is 0 Å². The molecule has 20 heavy (non-hydrogen) atoms. The molecule has 114 valence electrons. The summed E-state index contributed by atoms with van der Waals surface area (Å²) in [4.78, 5) is 27.3. The van der Waals surface area contributed by atoms with E-state index in [9.17, 15) is 9.59 Å². The lowest BCUT2D eigenvalue weighted by Crippen LogP contribution is -2.51. The topological polar surface area (TPSA) is 52.7 Å². The van der Waals surface area contributed by atoms with Crippen LogP contribution in [0.25, 0.3) is 0 Å². The highest BCUT2D eigenvalue weighted by molar-refractivity contribution is 5.78. The quantitative estimate of drug-likeness (QED) is 0.834. The lowest BCUT2D eigenvalue weighted by molar-refractivity contribution is -0.131. The van der Waals surface area contributed by atoms with Gasteiger partial charge in [0.2, 0.25) is 11.8 Å². The fourth-order valence-corrected chi connectivity index (χ4v) is 3.10. The van der Waals surface area contributed by atoms with Gasteiger partial charge in [0.1, 0.15) is 0 Å². The molecular weight excluding hydrogens is 254 g/mol. The van der Waals surface area contributed by atoms with E-state index in [2.05, 4.69) is 17.1 Å². The van der Waals surface area contributed by atoms with Crippen LogP contribution in [0.5, 0.6) is 0 Å². The number of carbonyl (C=O) groups excluding carboxylic acids is 2. The third kappa shape index (κ3) is 4.47. The molecular formula is C15H27N3O2. The Morgan fingerprint density at radius 1 is 1.05 bits per heavy atom. The monoisotopic (exact) mass is 281 g/mol. The van der Waals surface area contributed by atoms with Gasteiger partial charge in [-0.25, -0.2) is 0 Å². The third-order valence-corrected chi connectivity index (χ3v) is 4.57. The molecule has 0 radical (unpaired) electrons. The Hall–Kier alpha value is -1.10. The average Bonchev–Trinajstić information content (AvgIpc) is 2.42.